The Labute approximate surface area is 70.1 Å². The zero-order valence-corrected chi connectivity index (χ0v) is 6.93. The Bertz CT molecular complexity index is 245. The zero-order chi connectivity index (χ0) is 8.43. The van der Waals surface area contributed by atoms with Crippen LogP contribution in [0.25, 0.3) is 0 Å². The minimum atomic E-state index is -0.488. The van der Waals surface area contributed by atoms with Crippen LogP contribution < -0.4 is 5.73 Å². The molecule has 0 saturated heterocycles. The van der Waals surface area contributed by atoms with Crippen LogP contribution in [0, 0.1) is 0 Å². The van der Waals surface area contributed by atoms with E-state index in [9.17, 15) is 4.79 Å². The summed E-state index contributed by atoms with van der Waals surface area (Å²) in [4.78, 5) is 12.5. The molecule has 1 aliphatic rings. The van der Waals surface area contributed by atoms with Gasteiger partial charge in [0, 0.05) is 13.6 Å². The second-order valence-corrected chi connectivity index (χ2v) is 2.71. The van der Waals surface area contributed by atoms with Crippen LogP contribution in [0.2, 0.25) is 0 Å². The first-order valence-corrected chi connectivity index (χ1v) is 3.58. The van der Waals surface area contributed by atoms with Crippen LogP contribution in [-0.4, -0.2) is 24.4 Å². The van der Waals surface area contributed by atoms with Crippen molar-refractivity contribution in [3.05, 3.63) is 22.9 Å². The first-order chi connectivity index (χ1) is 5.13. The second kappa shape index (κ2) is 2.96. The molecule has 0 radical (unpaired) electrons. The van der Waals surface area contributed by atoms with Crippen molar-refractivity contribution in [3.8, 4) is 0 Å². The highest BCUT2D eigenvalue weighted by Crippen LogP contribution is 2.18. The van der Waals surface area contributed by atoms with Gasteiger partial charge in [-0.25, -0.2) is 0 Å². The highest BCUT2D eigenvalue weighted by Gasteiger charge is 2.14. The quantitative estimate of drug-likeness (QED) is 0.583. The summed E-state index contributed by atoms with van der Waals surface area (Å²) >= 11 is 5.78. The maximum atomic E-state index is 10.7. The number of primary amides is 1. The van der Waals surface area contributed by atoms with E-state index in [2.05, 4.69) is 0 Å². The van der Waals surface area contributed by atoms with Gasteiger partial charge in [-0.15, -0.1) is 0 Å². The molecule has 4 heteroatoms. The fourth-order valence-corrected chi connectivity index (χ4v) is 1.09. The van der Waals surface area contributed by atoms with Crippen molar-refractivity contribution < 1.29 is 4.79 Å². The van der Waals surface area contributed by atoms with Crippen LogP contribution >= 0.6 is 11.6 Å². The van der Waals surface area contributed by atoms with Gasteiger partial charge in [0.2, 0.25) is 0 Å². The standard InChI is InChI=1S/C7H9ClN2O/c1-10-4-2-3-5(6(10)8)7(9)11/h2-3H,4H2,1H3,(H2,9,11). The van der Waals surface area contributed by atoms with E-state index in [1.807, 2.05) is 6.08 Å². The van der Waals surface area contributed by atoms with Crippen molar-refractivity contribution in [2.45, 2.75) is 0 Å². The monoisotopic (exact) mass is 172 g/mol. The number of likely N-dealkylation sites (N-methyl/N-ethyl adjacent to an activating group) is 1. The fraction of sp³-hybridized carbons (Fsp3) is 0.286. The average molecular weight is 173 g/mol. The van der Waals surface area contributed by atoms with E-state index < -0.39 is 5.91 Å². The largest absolute Gasteiger partial charge is 0.366 e. The second-order valence-electron chi connectivity index (χ2n) is 2.35. The Morgan fingerprint density at radius 3 is 2.91 bits per heavy atom. The fourth-order valence-electron chi connectivity index (χ4n) is 0.867. The molecule has 1 rings (SSSR count). The maximum Gasteiger partial charge on any atom is 0.251 e. The summed E-state index contributed by atoms with van der Waals surface area (Å²) in [6.07, 6.45) is 3.48. The van der Waals surface area contributed by atoms with Gasteiger partial charge < -0.3 is 10.6 Å². The highest BCUT2D eigenvalue weighted by molar-refractivity contribution is 6.31. The minimum Gasteiger partial charge on any atom is -0.366 e. The summed E-state index contributed by atoms with van der Waals surface area (Å²) in [5.74, 6) is -0.488. The van der Waals surface area contributed by atoms with Gasteiger partial charge in [0.15, 0.2) is 0 Å². The molecule has 0 atom stereocenters. The van der Waals surface area contributed by atoms with Crippen molar-refractivity contribution in [1.82, 2.24) is 4.90 Å². The van der Waals surface area contributed by atoms with Crippen molar-refractivity contribution >= 4 is 17.5 Å². The van der Waals surface area contributed by atoms with Gasteiger partial charge in [-0.05, 0) is 6.08 Å². The van der Waals surface area contributed by atoms with E-state index in [4.69, 9.17) is 17.3 Å². The number of halogens is 1. The number of carbonyl (C=O) groups excluding carboxylic acids is 1. The summed E-state index contributed by atoms with van der Waals surface area (Å²) in [5, 5.41) is 0.417. The van der Waals surface area contributed by atoms with Gasteiger partial charge in [-0.3, -0.25) is 4.79 Å². The van der Waals surface area contributed by atoms with Gasteiger partial charge >= 0.3 is 0 Å². The number of rotatable bonds is 1. The van der Waals surface area contributed by atoms with Crippen molar-refractivity contribution in [1.29, 1.82) is 0 Å². The number of nitrogens with zero attached hydrogens (tertiary/aromatic N) is 1. The first-order valence-electron chi connectivity index (χ1n) is 3.20. The molecule has 0 aliphatic carbocycles. The van der Waals surface area contributed by atoms with E-state index in [0.29, 0.717) is 10.7 Å². The SMILES string of the molecule is CN1CC=CC(C(N)=O)=C1Cl. The molecule has 1 amide bonds. The molecule has 0 saturated carbocycles. The summed E-state index contributed by atoms with van der Waals surface area (Å²) in [7, 11) is 1.80. The van der Waals surface area contributed by atoms with Crippen molar-refractivity contribution in [2.24, 2.45) is 5.73 Å². The van der Waals surface area contributed by atoms with Gasteiger partial charge in [0.25, 0.3) is 5.91 Å². The lowest BCUT2D eigenvalue weighted by Crippen LogP contribution is -2.24. The summed E-state index contributed by atoms with van der Waals surface area (Å²) in [5.41, 5.74) is 5.44. The number of hydrogen-bond donors (Lipinski definition) is 1. The lowest BCUT2D eigenvalue weighted by atomic mass is 10.2. The van der Waals surface area contributed by atoms with Crippen LogP contribution in [0.4, 0.5) is 0 Å². The molecular weight excluding hydrogens is 164 g/mol. The number of hydrogen-bond acceptors (Lipinski definition) is 2. The Morgan fingerprint density at radius 1 is 1.82 bits per heavy atom. The predicted octanol–water partition coefficient (Wildman–Crippen LogP) is 0.424. The van der Waals surface area contributed by atoms with Gasteiger partial charge in [0.05, 0.1) is 5.57 Å². The third kappa shape index (κ3) is 1.54. The Hall–Kier alpha value is -0.960. The van der Waals surface area contributed by atoms with Crippen LogP contribution in [-0.2, 0) is 4.79 Å². The molecular formula is C7H9ClN2O. The van der Waals surface area contributed by atoms with Gasteiger partial charge in [0.1, 0.15) is 5.16 Å². The third-order valence-electron chi connectivity index (χ3n) is 1.49. The maximum absolute atomic E-state index is 10.7. The van der Waals surface area contributed by atoms with E-state index in [-0.39, 0.29) is 0 Å². The van der Waals surface area contributed by atoms with Crippen LogP contribution in [0.3, 0.4) is 0 Å². The molecule has 0 fully saturated rings. The molecule has 0 aromatic rings. The lowest BCUT2D eigenvalue weighted by molar-refractivity contribution is -0.114. The molecule has 60 valence electrons. The molecule has 0 spiro atoms. The summed E-state index contributed by atoms with van der Waals surface area (Å²) < 4.78 is 0. The van der Waals surface area contributed by atoms with Crippen LogP contribution in [0.1, 0.15) is 0 Å². The summed E-state index contributed by atoms with van der Waals surface area (Å²) in [6, 6.07) is 0. The predicted molar refractivity (Wildman–Crippen MR) is 43.8 cm³/mol. The molecule has 1 aliphatic heterocycles. The van der Waals surface area contributed by atoms with Crippen LogP contribution in [0.15, 0.2) is 22.9 Å². The molecule has 0 bridgehead atoms. The van der Waals surface area contributed by atoms with Crippen LogP contribution in [0.5, 0.6) is 0 Å². The first kappa shape index (κ1) is 8.14. The Balaban J connectivity index is 2.98. The third-order valence-corrected chi connectivity index (χ3v) is 1.98. The smallest absolute Gasteiger partial charge is 0.251 e. The zero-order valence-electron chi connectivity index (χ0n) is 6.17. The molecule has 3 nitrogen and oxygen atoms in total. The molecule has 0 aromatic heterocycles. The van der Waals surface area contributed by atoms with Crippen molar-refractivity contribution in [2.75, 3.05) is 13.6 Å². The molecule has 0 aromatic carbocycles. The molecule has 2 N–H and O–H groups in total. The van der Waals surface area contributed by atoms with E-state index in [1.54, 1.807) is 18.0 Å². The van der Waals surface area contributed by atoms with E-state index in [1.165, 1.54) is 0 Å². The van der Waals surface area contributed by atoms with Gasteiger partial charge in [-0.1, -0.05) is 17.7 Å². The molecule has 0 unspecified atom stereocenters. The normalized spacial score (nSPS) is 17.5. The highest BCUT2D eigenvalue weighted by atomic mass is 35.5. The van der Waals surface area contributed by atoms with E-state index >= 15 is 0 Å². The number of carbonyl (C=O) groups is 1. The number of amides is 1. The lowest BCUT2D eigenvalue weighted by Gasteiger charge is -2.20. The van der Waals surface area contributed by atoms with Gasteiger partial charge in [-0.2, -0.15) is 0 Å². The number of nitrogens with two attached hydrogens (primary N) is 1. The summed E-state index contributed by atoms with van der Waals surface area (Å²) in [6.45, 7) is 0.718. The van der Waals surface area contributed by atoms with E-state index in [0.717, 1.165) is 6.54 Å². The topological polar surface area (TPSA) is 46.3 Å². The average Bonchev–Trinajstić information content (AvgIpc) is 1.94. The minimum absolute atomic E-state index is 0.375. The Morgan fingerprint density at radius 2 is 2.45 bits per heavy atom. The molecule has 1 heterocycles. The Kier molecular flexibility index (Phi) is 2.19. The molecule has 11 heavy (non-hydrogen) atoms. The van der Waals surface area contributed by atoms with Crippen molar-refractivity contribution in [3.63, 3.8) is 0 Å².